The molecular weight excluding hydrogens is 376 g/mol. The number of hydrogen-bond donors (Lipinski definition) is 0. The van der Waals surface area contributed by atoms with E-state index >= 15 is 0 Å². The van der Waals surface area contributed by atoms with Crippen molar-refractivity contribution in [2.24, 2.45) is 5.92 Å². The molecular formula is C27H27F2N. The Morgan fingerprint density at radius 3 is 1.83 bits per heavy atom. The maximum absolute atomic E-state index is 13.5. The Kier molecular flexibility index (Phi) is 6.70. The highest BCUT2D eigenvalue weighted by molar-refractivity contribution is 5.48. The average Bonchev–Trinajstić information content (AvgIpc) is 2.78. The van der Waals surface area contributed by atoms with E-state index in [0.29, 0.717) is 5.92 Å². The molecule has 0 bridgehead atoms. The lowest BCUT2D eigenvalue weighted by molar-refractivity contribution is 0.152. The topological polar surface area (TPSA) is 3.24 Å². The summed E-state index contributed by atoms with van der Waals surface area (Å²) in [6, 6.07) is 23.8. The van der Waals surface area contributed by atoms with Crippen LogP contribution in [0.3, 0.4) is 0 Å². The van der Waals surface area contributed by atoms with Crippen molar-refractivity contribution in [3.63, 3.8) is 0 Å². The minimum absolute atomic E-state index is 0.0204. The summed E-state index contributed by atoms with van der Waals surface area (Å²) in [4.78, 5) is 2.44. The average molecular weight is 404 g/mol. The Morgan fingerprint density at radius 1 is 0.767 bits per heavy atom. The van der Waals surface area contributed by atoms with E-state index in [1.807, 2.05) is 30.3 Å². The van der Waals surface area contributed by atoms with E-state index in [2.05, 4.69) is 41.3 Å². The third-order valence-electron chi connectivity index (χ3n) is 5.97. The fraction of sp³-hybridized carbons (Fsp3) is 0.259. The number of piperidine rings is 1. The first-order valence-corrected chi connectivity index (χ1v) is 10.7. The number of halogens is 2. The molecule has 4 rings (SSSR count). The van der Waals surface area contributed by atoms with Crippen LogP contribution in [0.5, 0.6) is 0 Å². The summed E-state index contributed by atoms with van der Waals surface area (Å²) in [5.74, 6) is 0.198. The van der Waals surface area contributed by atoms with Gasteiger partial charge >= 0.3 is 0 Å². The second-order valence-corrected chi connectivity index (χ2v) is 8.03. The van der Waals surface area contributed by atoms with Gasteiger partial charge in [0, 0.05) is 0 Å². The van der Waals surface area contributed by atoms with Crippen LogP contribution in [0, 0.1) is 17.6 Å². The predicted molar refractivity (Wildman–Crippen MR) is 119 cm³/mol. The molecule has 1 aliphatic rings. The van der Waals surface area contributed by atoms with Crippen LogP contribution in [-0.2, 0) is 0 Å². The number of benzene rings is 3. The van der Waals surface area contributed by atoms with E-state index in [1.54, 1.807) is 0 Å². The van der Waals surface area contributed by atoms with Crippen LogP contribution in [0.2, 0.25) is 0 Å². The Bertz CT molecular complexity index is 895. The first-order valence-electron chi connectivity index (χ1n) is 10.7. The smallest absolute Gasteiger partial charge is 0.123 e. The van der Waals surface area contributed by atoms with E-state index in [9.17, 15) is 8.78 Å². The van der Waals surface area contributed by atoms with Gasteiger partial charge in [0.05, 0.1) is 6.04 Å². The number of allylic oxidation sites excluding steroid dienone is 1. The van der Waals surface area contributed by atoms with Gasteiger partial charge in [-0.3, -0.25) is 4.90 Å². The number of hydrogen-bond acceptors (Lipinski definition) is 1. The number of nitrogens with zero attached hydrogens (tertiary/aromatic N) is 1. The van der Waals surface area contributed by atoms with Gasteiger partial charge < -0.3 is 0 Å². The molecule has 3 aromatic rings. The summed E-state index contributed by atoms with van der Waals surface area (Å²) >= 11 is 0. The molecule has 1 heterocycles. The van der Waals surface area contributed by atoms with Crippen molar-refractivity contribution in [1.29, 1.82) is 0 Å². The van der Waals surface area contributed by atoms with Gasteiger partial charge in [-0.25, -0.2) is 8.78 Å². The summed E-state index contributed by atoms with van der Waals surface area (Å²) in [5.41, 5.74) is 3.33. The minimum Gasteiger partial charge on any atom is -0.292 e. The Hall–Kier alpha value is -2.78. The van der Waals surface area contributed by atoms with E-state index < -0.39 is 0 Å². The van der Waals surface area contributed by atoms with Crippen LogP contribution in [0.25, 0.3) is 6.08 Å². The van der Waals surface area contributed by atoms with Gasteiger partial charge in [-0.1, -0.05) is 66.7 Å². The summed E-state index contributed by atoms with van der Waals surface area (Å²) in [5, 5.41) is 0. The molecule has 30 heavy (non-hydrogen) atoms. The van der Waals surface area contributed by atoms with Crippen molar-refractivity contribution < 1.29 is 8.78 Å². The molecule has 0 atom stereocenters. The third-order valence-corrected chi connectivity index (χ3v) is 5.97. The minimum atomic E-state index is -0.236. The summed E-state index contributed by atoms with van der Waals surface area (Å²) in [7, 11) is 0. The Labute approximate surface area is 177 Å². The highest BCUT2D eigenvalue weighted by atomic mass is 19.1. The lowest BCUT2D eigenvalue weighted by atomic mass is 9.89. The molecule has 0 unspecified atom stereocenters. The highest BCUT2D eigenvalue weighted by Gasteiger charge is 2.27. The molecule has 3 heteroatoms. The molecule has 154 valence electrons. The van der Waals surface area contributed by atoms with Crippen molar-refractivity contribution in [3.8, 4) is 0 Å². The molecule has 1 fully saturated rings. The monoisotopic (exact) mass is 403 g/mol. The van der Waals surface area contributed by atoms with Gasteiger partial charge in [-0.15, -0.1) is 0 Å². The van der Waals surface area contributed by atoms with Crippen molar-refractivity contribution in [2.45, 2.75) is 25.3 Å². The van der Waals surface area contributed by atoms with Gasteiger partial charge in [0.1, 0.15) is 11.6 Å². The summed E-state index contributed by atoms with van der Waals surface area (Å²) in [6.07, 6.45) is 7.82. The molecule has 0 spiro atoms. The first kappa shape index (κ1) is 20.5. The van der Waals surface area contributed by atoms with Crippen LogP contribution in [0.4, 0.5) is 8.78 Å². The Morgan fingerprint density at radius 2 is 1.30 bits per heavy atom. The van der Waals surface area contributed by atoms with Gasteiger partial charge in [-0.05, 0) is 79.2 Å². The second kappa shape index (κ2) is 9.82. The van der Waals surface area contributed by atoms with Crippen LogP contribution in [-0.4, -0.2) is 18.0 Å². The van der Waals surface area contributed by atoms with Crippen molar-refractivity contribution in [1.82, 2.24) is 4.90 Å². The number of rotatable bonds is 6. The molecule has 0 N–H and O–H groups in total. The standard InChI is InChI=1S/C27H27F2N/c28-25-13-9-23(10-14-25)27(24-11-15-26(29)16-12-24)30-19-17-22(18-20-30)8-4-7-21-5-2-1-3-6-21/h1-7,9-16,22,27H,8,17-20H2. The summed E-state index contributed by atoms with van der Waals surface area (Å²) < 4.78 is 26.9. The van der Waals surface area contributed by atoms with Crippen molar-refractivity contribution in [2.75, 3.05) is 13.1 Å². The molecule has 0 aromatic heterocycles. The SMILES string of the molecule is Fc1ccc(C(c2ccc(F)cc2)N2CCC(CC=Cc3ccccc3)CC2)cc1. The molecule has 0 amide bonds. The maximum Gasteiger partial charge on any atom is 0.123 e. The predicted octanol–water partition coefficient (Wildman–Crippen LogP) is 6.87. The fourth-order valence-corrected chi connectivity index (χ4v) is 4.31. The lowest BCUT2D eigenvalue weighted by Crippen LogP contribution is -2.37. The maximum atomic E-state index is 13.5. The van der Waals surface area contributed by atoms with Crippen LogP contribution in [0.1, 0.15) is 42.0 Å². The zero-order valence-corrected chi connectivity index (χ0v) is 17.1. The molecule has 0 aliphatic carbocycles. The Balaban J connectivity index is 1.43. The van der Waals surface area contributed by atoms with E-state index in [1.165, 1.54) is 29.8 Å². The molecule has 1 saturated heterocycles. The van der Waals surface area contributed by atoms with Crippen molar-refractivity contribution >= 4 is 6.08 Å². The van der Waals surface area contributed by atoms with E-state index in [4.69, 9.17) is 0 Å². The zero-order chi connectivity index (χ0) is 20.8. The molecule has 1 nitrogen and oxygen atoms in total. The third kappa shape index (κ3) is 5.22. The van der Waals surface area contributed by atoms with E-state index in [0.717, 1.165) is 43.5 Å². The van der Waals surface area contributed by atoms with Gasteiger partial charge in [0.25, 0.3) is 0 Å². The van der Waals surface area contributed by atoms with Crippen LogP contribution >= 0.6 is 0 Å². The normalized spacial score (nSPS) is 15.8. The van der Waals surface area contributed by atoms with Crippen LogP contribution < -0.4 is 0 Å². The first-order chi connectivity index (χ1) is 14.7. The molecule has 3 aromatic carbocycles. The van der Waals surface area contributed by atoms with Gasteiger partial charge in [0.2, 0.25) is 0 Å². The fourth-order valence-electron chi connectivity index (χ4n) is 4.31. The highest BCUT2D eigenvalue weighted by Crippen LogP contribution is 2.33. The van der Waals surface area contributed by atoms with Crippen molar-refractivity contribution in [3.05, 3.63) is 113 Å². The largest absolute Gasteiger partial charge is 0.292 e. The number of likely N-dealkylation sites (tertiary alicyclic amines) is 1. The quantitative estimate of drug-likeness (QED) is 0.434. The summed E-state index contributed by atoms with van der Waals surface area (Å²) in [6.45, 7) is 1.95. The molecule has 1 aliphatic heterocycles. The second-order valence-electron chi connectivity index (χ2n) is 8.03. The van der Waals surface area contributed by atoms with Gasteiger partial charge in [0.15, 0.2) is 0 Å². The van der Waals surface area contributed by atoms with Crippen LogP contribution in [0.15, 0.2) is 84.9 Å². The zero-order valence-electron chi connectivity index (χ0n) is 17.1. The molecule has 0 radical (unpaired) electrons. The van der Waals surface area contributed by atoms with Gasteiger partial charge in [-0.2, -0.15) is 0 Å². The lowest BCUT2D eigenvalue weighted by Gasteiger charge is -2.38. The van der Waals surface area contributed by atoms with E-state index in [-0.39, 0.29) is 17.7 Å². The molecule has 0 saturated carbocycles.